The van der Waals surface area contributed by atoms with Crippen LogP contribution in [0, 0.1) is 13.8 Å². The largest absolute Gasteiger partial charge is 0.481 e. The van der Waals surface area contributed by atoms with Crippen LogP contribution in [0.15, 0.2) is 48.6 Å². The van der Waals surface area contributed by atoms with Crippen molar-refractivity contribution in [1.82, 2.24) is 0 Å². The fourth-order valence-corrected chi connectivity index (χ4v) is 3.28. The van der Waals surface area contributed by atoms with E-state index in [1.54, 1.807) is 62.4 Å². The molecule has 0 aromatic heterocycles. The SMILES string of the molecule is Cc1cc(C=O)c(OC2C=CC(Oc3c(C=O)cc(C)cc3C=O)C=C2)c(C=O)c1. The molecule has 6 heteroatoms. The average molecular weight is 404 g/mol. The molecular formula is C24H20O6. The quantitative estimate of drug-likeness (QED) is 0.490. The minimum absolute atomic E-state index is 0.217. The van der Waals surface area contributed by atoms with Crippen molar-refractivity contribution in [2.75, 3.05) is 0 Å². The van der Waals surface area contributed by atoms with Gasteiger partial charge in [0.05, 0.1) is 22.3 Å². The summed E-state index contributed by atoms with van der Waals surface area (Å²) in [5.41, 5.74) is 2.74. The maximum atomic E-state index is 11.4. The molecule has 1 aliphatic carbocycles. The molecule has 0 bridgehead atoms. The molecule has 0 spiro atoms. The molecule has 152 valence electrons. The normalized spacial score (nSPS) is 17.3. The number of carbonyl (C=O) groups is 4. The summed E-state index contributed by atoms with van der Waals surface area (Å²) in [4.78, 5) is 45.5. The number of aryl methyl sites for hydroxylation is 2. The highest BCUT2D eigenvalue weighted by Crippen LogP contribution is 2.28. The van der Waals surface area contributed by atoms with Gasteiger partial charge in [-0.05, 0) is 73.5 Å². The van der Waals surface area contributed by atoms with Gasteiger partial charge in [0.25, 0.3) is 0 Å². The third kappa shape index (κ3) is 4.43. The van der Waals surface area contributed by atoms with Crippen LogP contribution in [0.4, 0.5) is 0 Å². The van der Waals surface area contributed by atoms with Crippen molar-refractivity contribution in [1.29, 1.82) is 0 Å². The van der Waals surface area contributed by atoms with E-state index in [4.69, 9.17) is 9.47 Å². The smallest absolute Gasteiger partial charge is 0.153 e. The number of hydrogen-bond donors (Lipinski definition) is 0. The van der Waals surface area contributed by atoms with Gasteiger partial charge in [0.2, 0.25) is 0 Å². The van der Waals surface area contributed by atoms with Crippen molar-refractivity contribution in [2.24, 2.45) is 0 Å². The predicted octanol–water partition coefficient (Wildman–Crippen LogP) is 3.87. The Bertz CT molecular complexity index is 908. The van der Waals surface area contributed by atoms with Crippen molar-refractivity contribution < 1.29 is 28.7 Å². The van der Waals surface area contributed by atoms with Gasteiger partial charge in [-0.3, -0.25) is 19.2 Å². The maximum Gasteiger partial charge on any atom is 0.153 e. The summed E-state index contributed by atoms with van der Waals surface area (Å²) < 4.78 is 11.7. The number of rotatable bonds is 8. The lowest BCUT2D eigenvalue weighted by Gasteiger charge is -2.22. The third-order valence-electron chi connectivity index (χ3n) is 4.58. The number of carbonyl (C=O) groups excluding carboxylic acids is 4. The van der Waals surface area contributed by atoms with E-state index in [0.717, 1.165) is 11.1 Å². The predicted molar refractivity (Wildman–Crippen MR) is 111 cm³/mol. The molecule has 0 fully saturated rings. The van der Waals surface area contributed by atoms with E-state index in [1.165, 1.54) is 0 Å². The standard InChI is InChI=1S/C24H20O6/c1-15-7-17(11-25)23(18(8-15)12-26)29-21-3-5-22(6-4-21)30-24-19(13-27)9-16(2)10-20(24)14-28/h3-14,21-22H,1-2H3. The molecule has 2 aromatic carbocycles. The molecule has 0 amide bonds. The molecule has 0 saturated heterocycles. The second kappa shape index (κ2) is 9.13. The van der Waals surface area contributed by atoms with Crippen LogP contribution in [0.3, 0.4) is 0 Å². The maximum absolute atomic E-state index is 11.4. The molecule has 0 N–H and O–H groups in total. The minimum atomic E-state index is -0.515. The fourth-order valence-electron chi connectivity index (χ4n) is 3.28. The Morgan fingerprint density at radius 2 is 0.833 bits per heavy atom. The molecule has 30 heavy (non-hydrogen) atoms. The highest BCUT2D eigenvalue weighted by molar-refractivity contribution is 5.90. The van der Waals surface area contributed by atoms with Gasteiger partial charge in [0, 0.05) is 0 Å². The molecule has 0 unspecified atom stereocenters. The van der Waals surface area contributed by atoms with E-state index in [2.05, 4.69) is 0 Å². The molecule has 0 saturated carbocycles. The van der Waals surface area contributed by atoms with Crippen LogP contribution in [0.1, 0.15) is 52.6 Å². The van der Waals surface area contributed by atoms with E-state index < -0.39 is 12.2 Å². The molecule has 3 rings (SSSR count). The van der Waals surface area contributed by atoms with E-state index in [9.17, 15) is 19.2 Å². The lowest BCUT2D eigenvalue weighted by Crippen LogP contribution is -2.21. The highest BCUT2D eigenvalue weighted by atomic mass is 16.5. The Labute approximate surface area is 173 Å². The van der Waals surface area contributed by atoms with Crippen LogP contribution < -0.4 is 9.47 Å². The van der Waals surface area contributed by atoms with E-state index >= 15 is 0 Å². The van der Waals surface area contributed by atoms with Gasteiger partial charge in [0.1, 0.15) is 23.7 Å². The molecule has 1 aliphatic rings. The Kier molecular flexibility index (Phi) is 6.37. The lowest BCUT2D eigenvalue weighted by molar-refractivity contribution is 0.109. The van der Waals surface area contributed by atoms with Gasteiger partial charge in [-0.25, -0.2) is 0 Å². The van der Waals surface area contributed by atoms with Crippen LogP contribution in [-0.2, 0) is 0 Å². The van der Waals surface area contributed by atoms with Gasteiger partial charge in [0.15, 0.2) is 25.1 Å². The van der Waals surface area contributed by atoms with Crippen molar-refractivity contribution in [3.8, 4) is 11.5 Å². The monoisotopic (exact) mass is 404 g/mol. The Morgan fingerprint density at radius 3 is 1.07 bits per heavy atom. The Hall–Kier alpha value is -3.80. The van der Waals surface area contributed by atoms with Gasteiger partial charge in [-0.1, -0.05) is 0 Å². The molecule has 2 aromatic rings. The first-order chi connectivity index (χ1) is 14.5. The second-order valence-electron chi connectivity index (χ2n) is 6.95. The summed E-state index contributed by atoms with van der Waals surface area (Å²) in [5, 5.41) is 0. The van der Waals surface area contributed by atoms with Crippen molar-refractivity contribution in [2.45, 2.75) is 26.1 Å². The zero-order chi connectivity index (χ0) is 21.7. The van der Waals surface area contributed by atoms with E-state index in [0.29, 0.717) is 47.4 Å². The highest BCUT2D eigenvalue weighted by Gasteiger charge is 2.19. The van der Waals surface area contributed by atoms with Gasteiger partial charge >= 0.3 is 0 Å². The third-order valence-corrected chi connectivity index (χ3v) is 4.58. The summed E-state index contributed by atoms with van der Waals surface area (Å²) in [6.45, 7) is 3.58. The number of aldehydes is 4. The first-order valence-electron chi connectivity index (χ1n) is 9.29. The summed E-state index contributed by atoms with van der Waals surface area (Å²) in [6, 6.07) is 6.60. The van der Waals surface area contributed by atoms with Crippen molar-refractivity contribution in [3.63, 3.8) is 0 Å². The van der Waals surface area contributed by atoms with Crippen LogP contribution in [0.25, 0.3) is 0 Å². The lowest BCUT2D eigenvalue weighted by atomic mass is 10.0. The molecule has 6 nitrogen and oxygen atoms in total. The first kappa shape index (κ1) is 20.9. The Balaban J connectivity index is 1.79. The van der Waals surface area contributed by atoms with E-state index in [-0.39, 0.29) is 11.5 Å². The first-order valence-corrected chi connectivity index (χ1v) is 9.29. The van der Waals surface area contributed by atoms with Crippen LogP contribution in [-0.4, -0.2) is 37.4 Å². The van der Waals surface area contributed by atoms with Crippen molar-refractivity contribution in [3.05, 3.63) is 82.0 Å². The number of hydrogen-bond acceptors (Lipinski definition) is 6. The fraction of sp³-hybridized carbons (Fsp3) is 0.167. The topological polar surface area (TPSA) is 86.7 Å². The number of benzene rings is 2. The van der Waals surface area contributed by atoms with Gasteiger partial charge < -0.3 is 9.47 Å². The zero-order valence-electron chi connectivity index (χ0n) is 16.5. The summed E-state index contributed by atoms with van der Waals surface area (Å²) in [7, 11) is 0. The second-order valence-corrected chi connectivity index (χ2v) is 6.95. The molecule has 0 aliphatic heterocycles. The molecular weight excluding hydrogens is 384 g/mol. The summed E-state index contributed by atoms with van der Waals surface area (Å²) in [5.74, 6) is 0.434. The zero-order valence-corrected chi connectivity index (χ0v) is 16.5. The van der Waals surface area contributed by atoms with Gasteiger partial charge in [-0.15, -0.1) is 0 Å². The number of ether oxygens (including phenoxy) is 2. The summed E-state index contributed by atoms with van der Waals surface area (Å²) >= 11 is 0. The van der Waals surface area contributed by atoms with Crippen molar-refractivity contribution >= 4 is 25.1 Å². The van der Waals surface area contributed by atoms with E-state index in [1.807, 2.05) is 0 Å². The molecule has 0 radical (unpaired) electrons. The molecule has 0 atom stereocenters. The Morgan fingerprint density at radius 1 is 0.567 bits per heavy atom. The average Bonchev–Trinajstić information content (AvgIpc) is 2.76. The minimum Gasteiger partial charge on any atom is -0.481 e. The van der Waals surface area contributed by atoms with Crippen LogP contribution >= 0.6 is 0 Å². The van der Waals surface area contributed by atoms with Crippen LogP contribution in [0.2, 0.25) is 0 Å². The van der Waals surface area contributed by atoms with Gasteiger partial charge in [-0.2, -0.15) is 0 Å². The summed E-state index contributed by atoms with van der Waals surface area (Å²) in [6.07, 6.45) is 8.41. The molecule has 0 heterocycles. The van der Waals surface area contributed by atoms with Crippen LogP contribution in [0.5, 0.6) is 11.5 Å².